The number of phenolic OH excluding ortho intramolecular Hbond substituents is 1. The van der Waals surface area contributed by atoms with E-state index in [1.54, 1.807) is 35.2 Å². The molecular weight excluding hydrogens is 214 g/mol. The van der Waals surface area contributed by atoms with Crippen LogP contribution in [-0.2, 0) is 5.75 Å². The molecule has 0 saturated heterocycles. The Balaban J connectivity index is 1.95. The van der Waals surface area contributed by atoms with Crippen molar-refractivity contribution >= 4 is 23.1 Å². The van der Waals surface area contributed by atoms with Crippen LogP contribution in [0.2, 0.25) is 0 Å². The number of hydrogen-bond acceptors (Lipinski definition) is 4. The first-order valence-corrected chi connectivity index (χ1v) is 6.00. The van der Waals surface area contributed by atoms with Gasteiger partial charge in [-0.25, -0.2) is 0 Å². The molecule has 0 unspecified atom stereocenters. The minimum atomic E-state index is 0.312. The van der Waals surface area contributed by atoms with Crippen LogP contribution in [0.15, 0.2) is 40.9 Å². The highest BCUT2D eigenvalue weighted by atomic mass is 32.2. The van der Waals surface area contributed by atoms with Gasteiger partial charge in [-0.05, 0) is 24.3 Å². The zero-order valence-corrected chi connectivity index (χ0v) is 9.02. The second-order valence-corrected chi connectivity index (χ2v) is 4.77. The molecule has 1 aromatic carbocycles. The topological polar surface area (TPSA) is 33.1 Å². The van der Waals surface area contributed by atoms with E-state index >= 15 is 0 Å². The van der Waals surface area contributed by atoms with Crippen molar-refractivity contribution in [1.29, 1.82) is 0 Å². The Morgan fingerprint density at radius 2 is 2.07 bits per heavy atom. The molecule has 2 aromatic rings. The van der Waals surface area contributed by atoms with Crippen molar-refractivity contribution in [2.45, 2.75) is 10.6 Å². The van der Waals surface area contributed by atoms with Gasteiger partial charge in [-0.3, -0.25) is 4.98 Å². The fraction of sp³-hybridized carbons (Fsp3) is 0.100. The number of benzene rings is 1. The molecule has 0 fully saturated rings. The van der Waals surface area contributed by atoms with Crippen LogP contribution >= 0.6 is 23.1 Å². The number of rotatable bonds is 3. The maximum atomic E-state index is 9.09. The number of aromatic hydroxyl groups is 1. The summed E-state index contributed by atoms with van der Waals surface area (Å²) in [5.74, 6) is 1.25. The lowest BCUT2D eigenvalue weighted by molar-refractivity contribution is 0.475. The van der Waals surface area contributed by atoms with Gasteiger partial charge in [0.1, 0.15) is 5.75 Å². The molecule has 0 aliphatic heterocycles. The molecule has 0 amide bonds. The molecule has 0 atom stereocenters. The third kappa shape index (κ3) is 2.49. The van der Waals surface area contributed by atoms with Gasteiger partial charge in [-0.1, -0.05) is 0 Å². The molecule has 14 heavy (non-hydrogen) atoms. The van der Waals surface area contributed by atoms with Crippen LogP contribution in [0.1, 0.15) is 4.88 Å². The van der Waals surface area contributed by atoms with E-state index in [9.17, 15) is 0 Å². The second kappa shape index (κ2) is 4.48. The molecule has 4 heteroatoms. The predicted molar refractivity (Wildman–Crippen MR) is 59.8 cm³/mol. The van der Waals surface area contributed by atoms with Crippen molar-refractivity contribution in [3.8, 4) is 5.75 Å². The van der Waals surface area contributed by atoms with Crippen LogP contribution in [0.5, 0.6) is 5.75 Å². The Morgan fingerprint density at radius 1 is 1.29 bits per heavy atom. The van der Waals surface area contributed by atoms with E-state index in [-0.39, 0.29) is 0 Å². The maximum absolute atomic E-state index is 9.09. The fourth-order valence-corrected chi connectivity index (χ4v) is 2.55. The minimum Gasteiger partial charge on any atom is -0.508 e. The van der Waals surface area contributed by atoms with Gasteiger partial charge < -0.3 is 5.11 Å². The molecule has 1 aromatic heterocycles. The monoisotopic (exact) mass is 223 g/mol. The van der Waals surface area contributed by atoms with Crippen LogP contribution in [0, 0.1) is 0 Å². The number of phenols is 1. The van der Waals surface area contributed by atoms with Crippen molar-refractivity contribution in [3.63, 3.8) is 0 Å². The summed E-state index contributed by atoms with van der Waals surface area (Å²) in [5.41, 5.74) is 1.84. The standard InChI is InChI=1S/C10H9NOS2/c12-8-1-3-9(4-2-8)13-6-10-5-11-7-14-10/h1-5,7,12H,6H2. The van der Waals surface area contributed by atoms with Crippen molar-refractivity contribution in [2.24, 2.45) is 0 Å². The van der Waals surface area contributed by atoms with Gasteiger partial charge in [0.2, 0.25) is 0 Å². The molecule has 0 aliphatic carbocycles. The average Bonchev–Trinajstić information content (AvgIpc) is 2.70. The van der Waals surface area contributed by atoms with Crippen LogP contribution < -0.4 is 0 Å². The zero-order valence-electron chi connectivity index (χ0n) is 7.38. The Hall–Kier alpha value is -1.00. The molecular formula is C10H9NOS2. The summed E-state index contributed by atoms with van der Waals surface area (Å²) in [6.45, 7) is 0. The van der Waals surface area contributed by atoms with E-state index < -0.39 is 0 Å². The number of thiazole rings is 1. The van der Waals surface area contributed by atoms with Crippen molar-refractivity contribution in [3.05, 3.63) is 40.8 Å². The summed E-state index contributed by atoms with van der Waals surface area (Å²) < 4.78 is 0. The summed E-state index contributed by atoms with van der Waals surface area (Å²) in [6, 6.07) is 7.24. The Morgan fingerprint density at radius 3 is 2.71 bits per heavy atom. The van der Waals surface area contributed by atoms with Crippen LogP contribution in [0.3, 0.4) is 0 Å². The van der Waals surface area contributed by atoms with Gasteiger partial charge in [0.15, 0.2) is 0 Å². The van der Waals surface area contributed by atoms with Crippen molar-refractivity contribution < 1.29 is 5.11 Å². The Labute approximate surface area is 90.6 Å². The lowest BCUT2D eigenvalue weighted by atomic mass is 10.3. The van der Waals surface area contributed by atoms with E-state index in [0.29, 0.717) is 5.75 Å². The first kappa shape index (κ1) is 9.55. The normalized spacial score (nSPS) is 10.3. The van der Waals surface area contributed by atoms with Crippen LogP contribution in [0.4, 0.5) is 0 Å². The highest BCUT2D eigenvalue weighted by molar-refractivity contribution is 7.98. The second-order valence-electron chi connectivity index (χ2n) is 2.75. The van der Waals surface area contributed by atoms with Crippen LogP contribution in [0.25, 0.3) is 0 Å². The summed E-state index contributed by atoms with van der Waals surface area (Å²) in [6.07, 6.45) is 1.89. The predicted octanol–water partition coefficient (Wildman–Crippen LogP) is 3.14. The smallest absolute Gasteiger partial charge is 0.115 e. The molecule has 0 aliphatic rings. The van der Waals surface area contributed by atoms with E-state index in [1.165, 1.54) is 4.88 Å². The molecule has 1 heterocycles. The fourth-order valence-electron chi connectivity index (χ4n) is 1.01. The van der Waals surface area contributed by atoms with E-state index in [4.69, 9.17) is 5.11 Å². The summed E-state index contributed by atoms with van der Waals surface area (Å²) in [5, 5.41) is 9.09. The van der Waals surface area contributed by atoms with E-state index in [1.807, 2.05) is 23.8 Å². The quantitative estimate of drug-likeness (QED) is 0.811. The SMILES string of the molecule is Oc1ccc(SCc2cncs2)cc1. The molecule has 0 spiro atoms. The first-order valence-electron chi connectivity index (χ1n) is 4.14. The van der Waals surface area contributed by atoms with Crippen molar-refractivity contribution in [2.75, 3.05) is 0 Å². The third-order valence-electron chi connectivity index (χ3n) is 1.70. The van der Waals surface area contributed by atoms with Crippen molar-refractivity contribution in [1.82, 2.24) is 4.98 Å². The lowest BCUT2D eigenvalue weighted by Gasteiger charge is -1.98. The van der Waals surface area contributed by atoms with E-state index in [2.05, 4.69) is 4.98 Å². The Bertz CT molecular complexity index is 383. The highest BCUT2D eigenvalue weighted by Gasteiger charge is 1.97. The van der Waals surface area contributed by atoms with Crippen LogP contribution in [-0.4, -0.2) is 10.1 Å². The molecule has 0 bridgehead atoms. The number of hydrogen-bond donors (Lipinski definition) is 1. The number of aromatic nitrogens is 1. The number of nitrogens with zero attached hydrogens (tertiary/aromatic N) is 1. The van der Waals surface area contributed by atoms with E-state index in [0.717, 1.165) is 10.6 Å². The summed E-state index contributed by atoms with van der Waals surface area (Å²) >= 11 is 3.41. The minimum absolute atomic E-state index is 0.312. The third-order valence-corrected chi connectivity index (χ3v) is 3.72. The molecule has 0 radical (unpaired) electrons. The lowest BCUT2D eigenvalue weighted by Crippen LogP contribution is -1.74. The highest BCUT2D eigenvalue weighted by Crippen LogP contribution is 2.25. The average molecular weight is 223 g/mol. The largest absolute Gasteiger partial charge is 0.508 e. The molecule has 2 rings (SSSR count). The van der Waals surface area contributed by atoms with Gasteiger partial charge in [0, 0.05) is 21.7 Å². The first-order chi connectivity index (χ1) is 6.84. The summed E-state index contributed by atoms with van der Waals surface area (Å²) in [7, 11) is 0. The van der Waals surface area contributed by atoms with Gasteiger partial charge in [0.05, 0.1) is 5.51 Å². The van der Waals surface area contributed by atoms with Gasteiger partial charge in [-0.2, -0.15) is 0 Å². The van der Waals surface area contributed by atoms with Gasteiger partial charge in [-0.15, -0.1) is 23.1 Å². The Kier molecular flexibility index (Phi) is 3.06. The zero-order chi connectivity index (χ0) is 9.80. The summed E-state index contributed by atoms with van der Waals surface area (Å²) in [4.78, 5) is 6.44. The molecule has 2 nitrogen and oxygen atoms in total. The number of thioether (sulfide) groups is 1. The molecule has 72 valence electrons. The molecule has 0 saturated carbocycles. The van der Waals surface area contributed by atoms with Gasteiger partial charge >= 0.3 is 0 Å². The maximum Gasteiger partial charge on any atom is 0.115 e. The molecule has 1 N–H and O–H groups in total. The van der Waals surface area contributed by atoms with Gasteiger partial charge in [0.25, 0.3) is 0 Å².